The van der Waals surface area contributed by atoms with E-state index in [2.05, 4.69) is 5.32 Å². The van der Waals surface area contributed by atoms with Crippen LogP contribution in [0.15, 0.2) is 42.5 Å². The Morgan fingerprint density at radius 3 is 2.39 bits per heavy atom. The van der Waals surface area contributed by atoms with Gasteiger partial charge in [-0.05, 0) is 42.7 Å². The normalized spacial score (nSPS) is 12.9. The molecule has 0 aromatic heterocycles. The SMILES string of the molecule is COc1ccc(C(=O)N(C)Cc2ccc(C(=O)NC3CC3)cc2)cc1[N+](=O)[O-]. The summed E-state index contributed by atoms with van der Waals surface area (Å²) in [6.45, 7) is 0.309. The predicted octanol–water partition coefficient (Wildman–Crippen LogP) is 2.77. The smallest absolute Gasteiger partial charge is 0.311 e. The molecule has 146 valence electrons. The van der Waals surface area contributed by atoms with Crippen LogP contribution in [0.5, 0.6) is 5.75 Å². The number of carbonyl (C=O) groups excluding carboxylic acids is 2. The molecular formula is C20H21N3O5. The van der Waals surface area contributed by atoms with Crippen LogP contribution in [0.1, 0.15) is 39.1 Å². The highest BCUT2D eigenvalue weighted by atomic mass is 16.6. The number of methoxy groups -OCH3 is 1. The van der Waals surface area contributed by atoms with Crippen molar-refractivity contribution in [2.24, 2.45) is 0 Å². The van der Waals surface area contributed by atoms with Crippen molar-refractivity contribution in [1.29, 1.82) is 0 Å². The minimum atomic E-state index is -0.582. The highest BCUT2D eigenvalue weighted by Crippen LogP contribution is 2.28. The number of carbonyl (C=O) groups is 2. The van der Waals surface area contributed by atoms with Gasteiger partial charge in [0.15, 0.2) is 5.75 Å². The number of nitro groups is 1. The Kier molecular flexibility index (Phi) is 5.58. The standard InChI is InChI=1S/C20H21N3O5/c1-22(20(25)15-7-10-18(28-2)17(11-15)23(26)27)12-13-3-5-14(6-4-13)19(24)21-16-8-9-16/h3-7,10-11,16H,8-9,12H2,1-2H3,(H,21,24). The lowest BCUT2D eigenvalue weighted by Crippen LogP contribution is -2.27. The van der Waals surface area contributed by atoms with Gasteiger partial charge in [0.25, 0.3) is 11.8 Å². The largest absolute Gasteiger partial charge is 0.490 e. The summed E-state index contributed by atoms with van der Waals surface area (Å²) in [5, 5.41) is 14.1. The molecule has 1 N–H and O–H groups in total. The number of nitro benzene ring substituents is 1. The van der Waals surface area contributed by atoms with E-state index in [-0.39, 0.29) is 28.8 Å². The Hall–Kier alpha value is -3.42. The van der Waals surface area contributed by atoms with E-state index in [1.807, 2.05) is 0 Å². The maximum Gasteiger partial charge on any atom is 0.311 e. The Labute approximate surface area is 162 Å². The van der Waals surface area contributed by atoms with Crippen molar-refractivity contribution in [3.63, 3.8) is 0 Å². The molecule has 2 amide bonds. The van der Waals surface area contributed by atoms with E-state index in [1.165, 1.54) is 30.2 Å². The van der Waals surface area contributed by atoms with Crippen molar-refractivity contribution in [3.05, 3.63) is 69.3 Å². The molecular weight excluding hydrogens is 362 g/mol. The van der Waals surface area contributed by atoms with Gasteiger partial charge in [0.2, 0.25) is 0 Å². The molecule has 1 saturated carbocycles. The maximum atomic E-state index is 12.6. The predicted molar refractivity (Wildman–Crippen MR) is 102 cm³/mol. The maximum absolute atomic E-state index is 12.6. The van der Waals surface area contributed by atoms with Crippen LogP contribution in [-0.2, 0) is 6.54 Å². The Balaban J connectivity index is 1.67. The molecule has 28 heavy (non-hydrogen) atoms. The summed E-state index contributed by atoms with van der Waals surface area (Å²) in [5.41, 5.74) is 1.38. The summed E-state index contributed by atoms with van der Waals surface area (Å²) in [4.78, 5) is 36.7. The zero-order valence-corrected chi connectivity index (χ0v) is 15.7. The number of nitrogens with zero attached hydrogens (tertiary/aromatic N) is 2. The minimum Gasteiger partial charge on any atom is -0.490 e. The average Bonchev–Trinajstić information content (AvgIpc) is 3.51. The van der Waals surface area contributed by atoms with Crippen LogP contribution in [-0.4, -0.2) is 41.8 Å². The Bertz CT molecular complexity index is 907. The van der Waals surface area contributed by atoms with Gasteiger partial charge < -0.3 is 15.0 Å². The summed E-state index contributed by atoms with van der Waals surface area (Å²) in [6, 6.07) is 11.5. The fourth-order valence-corrected chi connectivity index (χ4v) is 2.79. The zero-order chi connectivity index (χ0) is 20.3. The van der Waals surface area contributed by atoms with Crippen molar-refractivity contribution in [2.75, 3.05) is 14.2 Å². The summed E-state index contributed by atoms with van der Waals surface area (Å²) >= 11 is 0. The van der Waals surface area contributed by atoms with Crippen LogP contribution >= 0.6 is 0 Å². The molecule has 0 aliphatic heterocycles. The van der Waals surface area contributed by atoms with E-state index in [0.29, 0.717) is 18.2 Å². The van der Waals surface area contributed by atoms with Gasteiger partial charge in [-0.3, -0.25) is 19.7 Å². The second-order valence-electron chi connectivity index (χ2n) is 6.75. The van der Waals surface area contributed by atoms with Gasteiger partial charge in [-0.25, -0.2) is 0 Å². The monoisotopic (exact) mass is 383 g/mol. The molecule has 0 bridgehead atoms. The number of amides is 2. The van der Waals surface area contributed by atoms with Crippen molar-refractivity contribution >= 4 is 17.5 Å². The number of rotatable bonds is 7. The van der Waals surface area contributed by atoms with Crippen molar-refractivity contribution < 1.29 is 19.2 Å². The molecule has 0 atom stereocenters. The van der Waals surface area contributed by atoms with Crippen molar-refractivity contribution in [2.45, 2.75) is 25.4 Å². The molecule has 8 heteroatoms. The summed E-state index contributed by atoms with van der Waals surface area (Å²) in [5.74, 6) is -0.338. The average molecular weight is 383 g/mol. The molecule has 1 aliphatic rings. The van der Waals surface area contributed by atoms with Gasteiger partial charge in [-0.1, -0.05) is 12.1 Å². The Morgan fingerprint density at radius 2 is 1.82 bits per heavy atom. The summed E-state index contributed by atoms with van der Waals surface area (Å²) < 4.78 is 4.96. The third-order valence-electron chi connectivity index (χ3n) is 4.52. The first-order valence-electron chi connectivity index (χ1n) is 8.86. The van der Waals surface area contributed by atoms with Crippen LogP contribution < -0.4 is 10.1 Å². The first-order valence-corrected chi connectivity index (χ1v) is 8.86. The lowest BCUT2D eigenvalue weighted by molar-refractivity contribution is -0.385. The molecule has 0 heterocycles. The van der Waals surface area contributed by atoms with Crippen LogP contribution in [0.3, 0.4) is 0 Å². The molecule has 0 saturated heterocycles. The van der Waals surface area contributed by atoms with Crippen molar-refractivity contribution in [1.82, 2.24) is 10.2 Å². The van der Waals surface area contributed by atoms with Crippen LogP contribution in [0.2, 0.25) is 0 Å². The van der Waals surface area contributed by atoms with Gasteiger partial charge in [0, 0.05) is 36.8 Å². The molecule has 0 radical (unpaired) electrons. The molecule has 3 rings (SSSR count). The van der Waals surface area contributed by atoms with Gasteiger partial charge in [0.05, 0.1) is 12.0 Å². The third kappa shape index (κ3) is 4.46. The van der Waals surface area contributed by atoms with E-state index in [0.717, 1.165) is 18.4 Å². The highest BCUT2D eigenvalue weighted by Gasteiger charge is 2.24. The van der Waals surface area contributed by atoms with Gasteiger partial charge in [-0.15, -0.1) is 0 Å². The van der Waals surface area contributed by atoms with Gasteiger partial charge in [-0.2, -0.15) is 0 Å². The lowest BCUT2D eigenvalue weighted by Gasteiger charge is -2.18. The second kappa shape index (κ2) is 8.08. The molecule has 2 aromatic carbocycles. The summed E-state index contributed by atoms with van der Waals surface area (Å²) in [6.07, 6.45) is 2.06. The summed E-state index contributed by atoms with van der Waals surface area (Å²) in [7, 11) is 2.96. The molecule has 0 spiro atoms. The molecule has 1 fully saturated rings. The number of nitrogens with one attached hydrogen (secondary N) is 1. The van der Waals surface area contributed by atoms with E-state index < -0.39 is 4.92 Å². The molecule has 2 aromatic rings. The van der Waals surface area contributed by atoms with Crippen molar-refractivity contribution in [3.8, 4) is 5.75 Å². The first-order chi connectivity index (χ1) is 13.4. The number of hydrogen-bond donors (Lipinski definition) is 1. The lowest BCUT2D eigenvalue weighted by atomic mass is 10.1. The fourth-order valence-electron chi connectivity index (χ4n) is 2.79. The molecule has 0 unspecified atom stereocenters. The topological polar surface area (TPSA) is 102 Å². The molecule has 1 aliphatic carbocycles. The van der Waals surface area contributed by atoms with Crippen LogP contribution in [0, 0.1) is 10.1 Å². The van der Waals surface area contributed by atoms with Crippen LogP contribution in [0.25, 0.3) is 0 Å². The second-order valence-corrected chi connectivity index (χ2v) is 6.75. The number of benzene rings is 2. The zero-order valence-electron chi connectivity index (χ0n) is 15.7. The Morgan fingerprint density at radius 1 is 1.18 bits per heavy atom. The van der Waals surface area contributed by atoms with Gasteiger partial charge in [0.1, 0.15) is 0 Å². The van der Waals surface area contributed by atoms with Crippen LogP contribution in [0.4, 0.5) is 5.69 Å². The van der Waals surface area contributed by atoms with Gasteiger partial charge >= 0.3 is 5.69 Å². The van der Waals surface area contributed by atoms with E-state index in [4.69, 9.17) is 4.74 Å². The van der Waals surface area contributed by atoms with E-state index in [9.17, 15) is 19.7 Å². The van der Waals surface area contributed by atoms with E-state index >= 15 is 0 Å². The minimum absolute atomic E-state index is 0.0935. The quantitative estimate of drug-likeness (QED) is 0.585. The highest BCUT2D eigenvalue weighted by molar-refractivity contribution is 5.95. The number of hydrogen-bond acceptors (Lipinski definition) is 5. The van der Waals surface area contributed by atoms with E-state index in [1.54, 1.807) is 31.3 Å². The fraction of sp³-hybridized carbons (Fsp3) is 0.300. The number of ether oxygens (including phenoxy) is 1. The first kappa shape index (κ1) is 19.3. The molecule has 8 nitrogen and oxygen atoms in total. The third-order valence-corrected chi connectivity index (χ3v) is 4.52.